The molecule has 102 valence electrons. The lowest BCUT2D eigenvalue weighted by atomic mass is 10.3. The Bertz CT molecular complexity index is 381. The van der Waals surface area contributed by atoms with Gasteiger partial charge in [-0.25, -0.2) is 0 Å². The van der Waals surface area contributed by atoms with E-state index in [1.54, 1.807) is 7.05 Å². The third-order valence-electron chi connectivity index (χ3n) is 2.35. The molecule has 6 nitrogen and oxygen atoms in total. The van der Waals surface area contributed by atoms with Crippen molar-refractivity contribution in [3.05, 3.63) is 5.56 Å². The normalized spacial score (nSPS) is 10.3. The Morgan fingerprint density at radius 3 is 2.94 bits per heavy atom. The van der Waals surface area contributed by atoms with E-state index < -0.39 is 0 Å². The number of anilines is 2. The van der Waals surface area contributed by atoms with E-state index in [0.29, 0.717) is 23.7 Å². The standard InChI is InChI=1S/C11H20N4O2S/c1-3-4-6-17-7-5-14-11-8(10(16)13-2)9(12)15-18-11/h14H,3-7H2,1-2H3,(H2,12,15)(H,13,16). The van der Waals surface area contributed by atoms with Crippen LogP contribution in [0.15, 0.2) is 0 Å². The maximum Gasteiger partial charge on any atom is 0.257 e. The van der Waals surface area contributed by atoms with Gasteiger partial charge in [0.15, 0.2) is 5.82 Å². The van der Waals surface area contributed by atoms with Gasteiger partial charge in [0.05, 0.1) is 6.61 Å². The molecule has 0 spiro atoms. The van der Waals surface area contributed by atoms with E-state index in [4.69, 9.17) is 10.5 Å². The van der Waals surface area contributed by atoms with Gasteiger partial charge in [0, 0.05) is 20.2 Å². The molecule has 1 amide bonds. The van der Waals surface area contributed by atoms with Crippen LogP contribution in [-0.2, 0) is 4.74 Å². The monoisotopic (exact) mass is 272 g/mol. The van der Waals surface area contributed by atoms with Crippen LogP contribution in [0.3, 0.4) is 0 Å². The number of hydrogen-bond donors (Lipinski definition) is 3. The van der Waals surface area contributed by atoms with Crippen molar-refractivity contribution < 1.29 is 9.53 Å². The van der Waals surface area contributed by atoms with Gasteiger partial charge in [-0.1, -0.05) is 13.3 Å². The number of nitrogens with one attached hydrogen (secondary N) is 2. The first-order chi connectivity index (χ1) is 8.70. The quantitative estimate of drug-likeness (QED) is 0.621. The Morgan fingerprint density at radius 2 is 2.28 bits per heavy atom. The fourth-order valence-corrected chi connectivity index (χ4v) is 2.09. The number of nitrogens with two attached hydrogens (primary N) is 1. The summed E-state index contributed by atoms with van der Waals surface area (Å²) in [7, 11) is 1.57. The summed E-state index contributed by atoms with van der Waals surface area (Å²) in [5.41, 5.74) is 6.07. The van der Waals surface area contributed by atoms with Crippen molar-refractivity contribution in [1.29, 1.82) is 0 Å². The summed E-state index contributed by atoms with van der Waals surface area (Å²) in [5.74, 6) is 0.0319. The van der Waals surface area contributed by atoms with Gasteiger partial charge in [-0.2, -0.15) is 4.37 Å². The van der Waals surface area contributed by atoms with E-state index in [9.17, 15) is 4.79 Å². The number of carbonyl (C=O) groups excluding carboxylic acids is 1. The molecular formula is C11H20N4O2S. The topological polar surface area (TPSA) is 89.3 Å². The summed E-state index contributed by atoms with van der Waals surface area (Å²) in [5, 5.41) is 6.35. The van der Waals surface area contributed by atoms with E-state index in [2.05, 4.69) is 21.9 Å². The van der Waals surface area contributed by atoms with Crippen LogP contribution in [0.2, 0.25) is 0 Å². The molecule has 18 heavy (non-hydrogen) atoms. The van der Waals surface area contributed by atoms with Crippen molar-refractivity contribution >= 4 is 28.3 Å². The first kappa shape index (κ1) is 14.7. The second kappa shape index (κ2) is 7.88. The Balaban J connectivity index is 2.40. The number of hydrogen-bond acceptors (Lipinski definition) is 6. The molecule has 0 aliphatic heterocycles. The number of rotatable bonds is 8. The summed E-state index contributed by atoms with van der Waals surface area (Å²) in [6.07, 6.45) is 2.19. The molecule has 1 aromatic rings. The molecular weight excluding hydrogens is 252 g/mol. The largest absolute Gasteiger partial charge is 0.382 e. The highest BCUT2D eigenvalue weighted by Gasteiger charge is 2.17. The highest BCUT2D eigenvalue weighted by Crippen LogP contribution is 2.26. The van der Waals surface area contributed by atoms with E-state index >= 15 is 0 Å². The Hall–Kier alpha value is -1.34. The molecule has 0 bridgehead atoms. The number of aromatic nitrogens is 1. The Morgan fingerprint density at radius 1 is 1.50 bits per heavy atom. The minimum Gasteiger partial charge on any atom is -0.382 e. The van der Waals surface area contributed by atoms with E-state index in [0.717, 1.165) is 19.4 Å². The number of nitrogens with zero attached hydrogens (tertiary/aromatic N) is 1. The minimum atomic E-state index is -0.226. The summed E-state index contributed by atoms with van der Waals surface area (Å²) >= 11 is 1.19. The lowest BCUT2D eigenvalue weighted by Crippen LogP contribution is -2.20. The van der Waals surface area contributed by atoms with Crippen molar-refractivity contribution in [3.8, 4) is 0 Å². The maximum absolute atomic E-state index is 11.6. The van der Waals surface area contributed by atoms with Crippen LogP contribution in [0.1, 0.15) is 30.1 Å². The van der Waals surface area contributed by atoms with Crippen LogP contribution in [0.5, 0.6) is 0 Å². The Kier molecular flexibility index (Phi) is 6.45. The number of nitrogen functional groups attached to an aromatic ring is 1. The third-order valence-corrected chi connectivity index (χ3v) is 3.17. The van der Waals surface area contributed by atoms with Gasteiger partial charge in [-0.3, -0.25) is 4.79 Å². The van der Waals surface area contributed by atoms with Gasteiger partial charge in [0.1, 0.15) is 10.6 Å². The van der Waals surface area contributed by atoms with Crippen LogP contribution < -0.4 is 16.4 Å². The molecule has 0 aliphatic rings. The van der Waals surface area contributed by atoms with Gasteiger partial charge < -0.3 is 21.1 Å². The van der Waals surface area contributed by atoms with Crippen LogP contribution >= 0.6 is 11.5 Å². The maximum atomic E-state index is 11.6. The zero-order valence-corrected chi connectivity index (χ0v) is 11.6. The summed E-state index contributed by atoms with van der Waals surface area (Å²) < 4.78 is 9.39. The summed E-state index contributed by atoms with van der Waals surface area (Å²) in [6, 6.07) is 0. The lowest BCUT2D eigenvalue weighted by molar-refractivity contribution is 0.0964. The SMILES string of the molecule is CCCCOCCNc1snc(N)c1C(=O)NC. The van der Waals surface area contributed by atoms with Gasteiger partial charge >= 0.3 is 0 Å². The molecule has 4 N–H and O–H groups in total. The second-order valence-corrected chi connectivity index (χ2v) is 4.52. The zero-order valence-electron chi connectivity index (χ0n) is 10.8. The zero-order chi connectivity index (χ0) is 13.4. The summed E-state index contributed by atoms with van der Waals surface area (Å²) in [4.78, 5) is 11.6. The van der Waals surface area contributed by atoms with Crippen molar-refractivity contribution in [3.63, 3.8) is 0 Å². The first-order valence-corrected chi connectivity index (χ1v) is 6.76. The minimum absolute atomic E-state index is 0.226. The average molecular weight is 272 g/mol. The molecule has 0 radical (unpaired) electrons. The van der Waals surface area contributed by atoms with E-state index in [1.807, 2.05) is 0 Å². The van der Waals surface area contributed by atoms with Crippen molar-refractivity contribution in [2.45, 2.75) is 19.8 Å². The van der Waals surface area contributed by atoms with Crippen molar-refractivity contribution in [1.82, 2.24) is 9.69 Å². The summed E-state index contributed by atoms with van der Waals surface area (Å²) in [6.45, 7) is 4.13. The molecule has 1 aromatic heterocycles. The molecule has 0 aromatic carbocycles. The van der Waals surface area contributed by atoms with Crippen molar-refractivity contribution in [2.24, 2.45) is 0 Å². The van der Waals surface area contributed by atoms with Crippen LogP contribution in [-0.4, -0.2) is 37.1 Å². The third kappa shape index (κ3) is 4.15. The highest BCUT2D eigenvalue weighted by atomic mass is 32.1. The first-order valence-electron chi connectivity index (χ1n) is 5.99. The predicted octanol–water partition coefficient (Wildman–Crippen LogP) is 1.31. The number of carbonyl (C=O) groups is 1. The fraction of sp³-hybridized carbons (Fsp3) is 0.636. The molecule has 0 saturated carbocycles. The number of unbranched alkanes of at least 4 members (excludes halogenated alkanes) is 1. The van der Waals surface area contributed by atoms with Crippen LogP contribution in [0.25, 0.3) is 0 Å². The highest BCUT2D eigenvalue weighted by molar-refractivity contribution is 7.11. The Labute approximate surface area is 111 Å². The second-order valence-electron chi connectivity index (χ2n) is 3.74. The van der Waals surface area contributed by atoms with Gasteiger partial charge in [-0.05, 0) is 18.0 Å². The smallest absolute Gasteiger partial charge is 0.257 e. The number of amides is 1. The van der Waals surface area contributed by atoms with Gasteiger partial charge in [0.2, 0.25) is 0 Å². The van der Waals surface area contributed by atoms with Crippen molar-refractivity contribution in [2.75, 3.05) is 37.9 Å². The molecule has 1 rings (SSSR count). The number of ether oxygens (including phenoxy) is 1. The predicted molar refractivity (Wildman–Crippen MR) is 74.1 cm³/mol. The van der Waals surface area contributed by atoms with E-state index in [1.165, 1.54) is 11.5 Å². The fourth-order valence-electron chi connectivity index (χ4n) is 1.35. The lowest BCUT2D eigenvalue weighted by Gasteiger charge is -2.07. The van der Waals surface area contributed by atoms with Crippen LogP contribution in [0.4, 0.5) is 10.8 Å². The molecule has 0 unspecified atom stereocenters. The molecule has 0 fully saturated rings. The molecule has 7 heteroatoms. The van der Waals surface area contributed by atoms with E-state index in [-0.39, 0.29) is 11.7 Å². The van der Waals surface area contributed by atoms with Gasteiger partial charge in [0.25, 0.3) is 5.91 Å². The van der Waals surface area contributed by atoms with Crippen LogP contribution in [0, 0.1) is 0 Å². The molecule has 1 heterocycles. The van der Waals surface area contributed by atoms with Gasteiger partial charge in [-0.15, -0.1) is 0 Å². The molecule has 0 aliphatic carbocycles. The molecule has 0 atom stereocenters. The molecule has 0 saturated heterocycles. The average Bonchev–Trinajstić information content (AvgIpc) is 2.74.